The highest BCUT2D eigenvalue weighted by atomic mass is 32.2. The number of hydrogen-bond acceptors (Lipinski definition) is 6. The number of thioether (sulfide) groups is 1. The number of aliphatic hydroxyl groups is 1. The molecule has 8 atom stereocenters. The Balaban J connectivity index is 1.44. The monoisotopic (exact) mass is 516 g/mol. The molecule has 0 amide bonds. The van der Waals surface area contributed by atoms with Crippen molar-refractivity contribution in [3.8, 4) is 12.0 Å². The standard InChI is InChI=1S/C29H37FO5S/c1-17-13-21-20-8-7-18-14-19(31)9-10-28(18,4)25(20)22(32)15-29(21,5)24(17)26(34)36-12-6-11-35-23(33)16-27(2,3)30/h9-10,14,17,20-22,24-25,32H,7-8,12-13,15-16H2,1-5H3/t17-,20?,21?,22?,24?,25?,28?,29?/m1/s1. The number of alkyl halides is 1. The summed E-state index contributed by atoms with van der Waals surface area (Å²) in [6, 6.07) is 0. The molecule has 4 aliphatic rings. The fourth-order valence-electron chi connectivity index (χ4n) is 7.89. The van der Waals surface area contributed by atoms with Gasteiger partial charge >= 0.3 is 5.97 Å². The van der Waals surface area contributed by atoms with Crippen molar-refractivity contribution in [2.45, 2.75) is 78.5 Å². The summed E-state index contributed by atoms with van der Waals surface area (Å²) in [7, 11) is 0. The SMILES string of the molecule is C[C@@H]1CC2C3CCC4=CC(=O)C=CC4(C)C3C(O)CC2(C)C1C(=O)SCC#COC(=O)CC(C)(C)F. The average molecular weight is 517 g/mol. The second-order valence-electron chi connectivity index (χ2n) is 12.2. The second-order valence-corrected chi connectivity index (χ2v) is 13.2. The number of halogens is 1. The van der Waals surface area contributed by atoms with Crippen molar-refractivity contribution in [3.05, 3.63) is 23.8 Å². The van der Waals surface area contributed by atoms with E-state index in [0.717, 1.165) is 36.6 Å². The molecule has 7 heteroatoms. The van der Waals surface area contributed by atoms with Crippen LogP contribution in [0, 0.1) is 52.4 Å². The van der Waals surface area contributed by atoms with Gasteiger partial charge in [0.25, 0.3) is 0 Å². The summed E-state index contributed by atoms with van der Waals surface area (Å²) in [6.07, 6.45) is 10.1. The fourth-order valence-corrected chi connectivity index (χ4v) is 8.85. The zero-order chi connectivity index (χ0) is 26.5. The Hall–Kier alpha value is -1.91. The highest BCUT2D eigenvalue weighted by Gasteiger charge is 2.64. The number of rotatable bonds is 4. The molecule has 0 aromatic heterocycles. The lowest BCUT2D eigenvalue weighted by molar-refractivity contribution is -0.139. The predicted octanol–water partition coefficient (Wildman–Crippen LogP) is 5.03. The third kappa shape index (κ3) is 4.96. The summed E-state index contributed by atoms with van der Waals surface area (Å²) in [5.41, 5.74) is -1.15. The van der Waals surface area contributed by atoms with Crippen molar-refractivity contribution < 1.29 is 28.6 Å². The van der Waals surface area contributed by atoms with Gasteiger partial charge in [0.05, 0.1) is 18.3 Å². The first-order valence-electron chi connectivity index (χ1n) is 12.9. The fraction of sp³-hybridized carbons (Fsp3) is 0.690. The van der Waals surface area contributed by atoms with E-state index in [4.69, 9.17) is 4.74 Å². The first kappa shape index (κ1) is 27.1. The third-order valence-corrected chi connectivity index (χ3v) is 10.0. The van der Waals surface area contributed by atoms with Crippen molar-refractivity contribution in [3.63, 3.8) is 0 Å². The van der Waals surface area contributed by atoms with Crippen LogP contribution in [0.4, 0.5) is 4.39 Å². The van der Waals surface area contributed by atoms with Gasteiger partial charge < -0.3 is 9.84 Å². The number of carbonyl (C=O) groups is 3. The highest BCUT2D eigenvalue weighted by Crippen LogP contribution is 2.67. The van der Waals surface area contributed by atoms with E-state index in [9.17, 15) is 23.9 Å². The van der Waals surface area contributed by atoms with Gasteiger partial charge in [-0.3, -0.25) is 14.4 Å². The molecule has 0 bridgehead atoms. The Labute approximate surface area is 217 Å². The number of hydrogen-bond donors (Lipinski definition) is 1. The van der Waals surface area contributed by atoms with Crippen LogP contribution < -0.4 is 0 Å². The van der Waals surface area contributed by atoms with E-state index < -0.39 is 17.7 Å². The van der Waals surface area contributed by atoms with Gasteiger partial charge in [0, 0.05) is 17.3 Å². The largest absolute Gasteiger partial charge is 0.393 e. The molecule has 7 unspecified atom stereocenters. The number of ether oxygens (including phenoxy) is 1. The van der Waals surface area contributed by atoms with Crippen molar-refractivity contribution in [2.75, 3.05) is 5.75 Å². The summed E-state index contributed by atoms with van der Waals surface area (Å²) < 4.78 is 18.3. The third-order valence-electron chi connectivity index (χ3n) is 9.18. The van der Waals surface area contributed by atoms with Crippen molar-refractivity contribution in [2.24, 2.45) is 40.4 Å². The van der Waals surface area contributed by atoms with Gasteiger partial charge in [0.1, 0.15) is 11.8 Å². The first-order chi connectivity index (χ1) is 16.8. The Morgan fingerprint density at radius 3 is 2.75 bits per heavy atom. The minimum Gasteiger partial charge on any atom is -0.393 e. The van der Waals surface area contributed by atoms with Crippen molar-refractivity contribution >= 4 is 28.6 Å². The lowest BCUT2D eigenvalue weighted by Crippen LogP contribution is -2.56. The van der Waals surface area contributed by atoms with E-state index >= 15 is 0 Å². The van der Waals surface area contributed by atoms with Gasteiger partial charge in [-0.1, -0.05) is 44.2 Å². The molecule has 0 spiro atoms. The number of allylic oxidation sites excluding steroid dienone is 4. The zero-order valence-electron chi connectivity index (χ0n) is 21.8. The summed E-state index contributed by atoms with van der Waals surface area (Å²) >= 11 is 1.13. The molecular weight excluding hydrogens is 479 g/mol. The summed E-state index contributed by atoms with van der Waals surface area (Å²) in [5, 5.41) is 11.6. The molecule has 4 aliphatic carbocycles. The van der Waals surface area contributed by atoms with Crippen LogP contribution in [0.3, 0.4) is 0 Å². The van der Waals surface area contributed by atoms with Crippen molar-refractivity contribution in [1.29, 1.82) is 0 Å². The van der Waals surface area contributed by atoms with Crippen LogP contribution in [0.15, 0.2) is 23.8 Å². The van der Waals surface area contributed by atoms with Gasteiger partial charge in [-0.05, 0) is 80.8 Å². The van der Waals surface area contributed by atoms with Crippen LogP contribution in [0.25, 0.3) is 0 Å². The minimum absolute atomic E-state index is 0.0253. The second kappa shape index (κ2) is 9.76. The normalized spacial score (nSPS) is 39.2. The Morgan fingerprint density at radius 2 is 2.06 bits per heavy atom. The van der Waals surface area contributed by atoms with Gasteiger partial charge in [-0.2, -0.15) is 0 Å². The molecule has 36 heavy (non-hydrogen) atoms. The van der Waals surface area contributed by atoms with Crippen LogP contribution in [0.1, 0.15) is 66.7 Å². The number of carbonyl (C=O) groups excluding carboxylic acids is 3. The maximum absolute atomic E-state index is 13.5. The van der Waals surface area contributed by atoms with Gasteiger partial charge in [0.15, 0.2) is 10.9 Å². The number of fused-ring (bicyclic) bond motifs is 5. The Bertz CT molecular complexity index is 1060. The van der Waals surface area contributed by atoms with Crippen LogP contribution in [0.5, 0.6) is 0 Å². The van der Waals surface area contributed by atoms with E-state index in [2.05, 4.69) is 32.8 Å². The van der Waals surface area contributed by atoms with E-state index in [-0.39, 0.29) is 51.7 Å². The van der Waals surface area contributed by atoms with E-state index in [1.54, 1.807) is 12.2 Å². The van der Waals surface area contributed by atoms with Gasteiger partial charge in [-0.15, -0.1) is 0 Å². The number of ketones is 1. The van der Waals surface area contributed by atoms with E-state index in [1.165, 1.54) is 13.8 Å². The molecule has 0 aromatic rings. The van der Waals surface area contributed by atoms with E-state index in [0.29, 0.717) is 18.3 Å². The number of esters is 1. The molecule has 4 rings (SSSR count). The van der Waals surface area contributed by atoms with Crippen LogP contribution in [-0.2, 0) is 19.1 Å². The van der Waals surface area contributed by atoms with Crippen molar-refractivity contribution in [1.82, 2.24) is 0 Å². The predicted molar refractivity (Wildman–Crippen MR) is 137 cm³/mol. The lowest BCUT2D eigenvalue weighted by Gasteiger charge is -2.58. The van der Waals surface area contributed by atoms with Gasteiger partial charge in [0.2, 0.25) is 0 Å². The zero-order valence-corrected chi connectivity index (χ0v) is 22.6. The summed E-state index contributed by atoms with van der Waals surface area (Å²) in [6.45, 7) is 9.06. The summed E-state index contributed by atoms with van der Waals surface area (Å²) in [4.78, 5) is 37.0. The Kier molecular flexibility index (Phi) is 7.36. The molecule has 3 saturated carbocycles. The average Bonchev–Trinajstić information content (AvgIpc) is 3.02. The molecular formula is C29H37FO5S. The maximum Gasteiger partial charge on any atom is 0.322 e. The maximum atomic E-state index is 13.5. The molecule has 0 aromatic carbocycles. The highest BCUT2D eigenvalue weighted by molar-refractivity contribution is 8.13. The molecule has 0 heterocycles. The van der Waals surface area contributed by atoms with Gasteiger partial charge in [-0.25, -0.2) is 4.39 Å². The summed E-state index contributed by atoms with van der Waals surface area (Å²) in [5.74, 6) is 2.84. The molecule has 0 saturated heterocycles. The first-order valence-corrected chi connectivity index (χ1v) is 13.9. The lowest BCUT2D eigenvalue weighted by atomic mass is 9.47. The number of aliphatic hydroxyl groups excluding tert-OH is 1. The molecule has 3 fully saturated rings. The minimum atomic E-state index is -1.66. The van der Waals surface area contributed by atoms with E-state index in [1.807, 2.05) is 6.08 Å². The quantitative estimate of drug-likeness (QED) is 0.417. The molecule has 196 valence electrons. The molecule has 1 N–H and O–H groups in total. The molecule has 0 radical (unpaired) electrons. The molecule has 0 aliphatic heterocycles. The van der Waals surface area contributed by atoms with Crippen LogP contribution in [0.2, 0.25) is 0 Å². The van der Waals surface area contributed by atoms with Crippen LogP contribution >= 0.6 is 11.8 Å². The molecule has 5 nitrogen and oxygen atoms in total. The Morgan fingerprint density at radius 1 is 1.33 bits per heavy atom. The smallest absolute Gasteiger partial charge is 0.322 e. The van der Waals surface area contributed by atoms with Crippen LogP contribution in [-0.4, -0.2) is 39.5 Å². The topological polar surface area (TPSA) is 80.7 Å².